The highest BCUT2D eigenvalue weighted by molar-refractivity contribution is 9.10. The summed E-state index contributed by atoms with van der Waals surface area (Å²) in [5.74, 6) is 0.395. The summed E-state index contributed by atoms with van der Waals surface area (Å²) in [6, 6.07) is 14.1. The van der Waals surface area contributed by atoms with Gasteiger partial charge in [-0.3, -0.25) is 9.59 Å². The maximum atomic E-state index is 12.4. The molecule has 1 N–H and O–H groups in total. The lowest BCUT2D eigenvalue weighted by atomic mass is 10.2. The molecule has 5 nitrogen and oxygen atoms in total. The van der Waals surface area contributed by atoms with Crippen molar-refractivity contribution in [1.82, 2.24) is 4.57 Å². The van der Waals surface area contributed by atoms with Crippen LogP contribution >= 0.6 is 15.9 Å². The Morgan fingerprint density at radius 2 is 2.00 bits per heavy atom. The number of hydrogen-bond acceptors (Lipinski definition) is 3. The summed E-state index contributed by atoms with van der Waals surface area (Å²) < 4.78 is 7.79. The van der Waals surface area contributed by atoms with Crippen LogP contribution in [-0.2, 0) is 11.3 Å². The molecule has 0 fully saturated rings. The zero-order valence-corrected chi connectivity index (χ0v) is 14.5. The average molecular weight is 387 g/mol. The van der Waals surface area contributed by atoms with Gasteiger partial charge in [-0.2, -0.15) is 0 Å². The molecule has 0 spiro atoms. The summed E-state index contributed by atoms with van der Waals surface area (Å²) in [6.07, 6.45) is 1.63. The molecule has 0 saturated heterocycles. The minimum Gasteiger partial charge on any atom is -0.495 e. The van der Waals surface area contributed by atoms with Gasteiger partial charge < -0.3 is 14.6 Å². The third-order valence-corrected chi connectivity index (χ3v) is 4.13. The predicted octanol–water partition coefficient (Wildman–Crippen LogP) is 3.41. The van der Waals surface area contributed by atoms with Crippen LogP contribution in [0.4, 0.5) is 5.69 Å². The molecule has 6 heteroatoms. The van der Waals surface area contributed by atoms with Gasteiger partial charge in [-0.15, -0.1) is 0 Å². The molecule has 0 aliphatic heterocycles. The molecule has 122 valence electrons. The van der Waals surface area contributed by atoms with Crippen LogP contribution in [-0.4, -0.2) is 17.6 Å². The standard InChI is InChI=1S/C18H15BrN2O3/c1-24-17-5-3-2-4-14(17)20-18(23)11-21-9-8-16(22)13-10-12(19)6-7-15(13)21/h2-10H,11H2,1H3,(H,20,23). The van der Waals surface area contributed by atoms with Crippen LogP contribution in [0.1, 0.15) is 0 Å². The number of fused-ring (bicyclic) bond motifs is 1. The van der Waals surface area contributed by atoms with Gasteiger partial charge in [-0.05, 0) is 30.3 Å². The number of anilines is 1. The molecule has 0 aliphatic carbocycles. The number of aromatic nitrogens is 1. The van der Waals surface area contributed by atoms with Gasteiger partial charge in [-0.1, -0.05) is 28.1 Å². The number of nitrogens with one attached hydrogen (secondary N) is 1. The van der Waals surface area contributed by atoms with Gasteiger partial charge in [-0.25, -0.2) is 0 Å². The van der Waals surface area contributed by atoms with Crippen molar-refractivity contribution in [1.29, 1.82) is 0 Å². The van der Waals surface area contributed by atoms with E-state index >= 15 is 0 Å². The Balaban J connectivity index is 1.89. The van der Waals surface area contributed by atoms with Crippen molar-refractivity contribution in [2.75, 3.05) is 12.4 Å². The van der Waals surface area contributed by atoms with Crippen molar-refractivity contribution < 1.29 is 9.53 Å². The zero-order chi connectivity index (χ0) is 17.1. The fraction of sp³-hybridized carbons (Fsp3) is 0.111. The summed E-state index contributed by atoms with van der Waals surface area (Å²) in [5, 5.41) is 3.40. The summed E-state index contributed by atoms with van der Waals surface area (Å²) in [7, 11) is 1.55. The van der Waals surface area contributed by atoms with E-state index in [1.165, 1.54) is 6.07 Å². The summed E-state index contributed by atoms with van der Waals surface area (Å²) in [5.41, 5.74) is 1.24. The number of methoxy groups -OCH3 is 1. The van der Waals surface area contributed by atoms with Crippen molar-refractivity contribution in [2.45, 2.75) is 6.54 Å². The number of carbonyl (C=O) groups is 1. The molecule has 0 radical (unpaired) electrons. The molecule has 24 heavy (non-hydrogen) atoms. The van der Waals surface area contributed by atoms with E-state index in [0.717, 1.165) is 4.47 Å². The Hall–Kier alpha value is -2.60. The number of benzene rings is 2. The highest BCUT2D eigenvalue weighted by Crippen LogP contribution is 2.23. The molecule has 1 amide bonds. The first-order valence-corrected chi connectivity index (χ1v) is 8.09. The third kappa shape index (κ3) is 3.33. The topological polar surface area (TPSA) is 60.3 Å². The van der Waals surface area contributed by atoms with Crippen molar-refractivity contribution in [3.8, 4) is 5.75 Å². The molecule has 1 heterocycles. The quantitative estimate of drug-likeness (QED) is 0.747. The maximum Gasteiger partial charge on any atom is 0.244 e. The molecule has 0 unspecified atom stereocenters. The lowest BCUT2D eigenvalue weighted by Gasteiger charge is -2.13. The van der Waals surface area contributed by atoms with E-state index in [1.807, 2.05) is 24.3 Å². The minimum atomic E-state index is -0.202. The van der Waals surface area contributed by atoms with E-state index in [2.05, 4.69) is 21.2 Å². The van der Waals surface area contributed by atoms with Gasteiger partial charge in [0.05, 0.1) is 18.3 Å². The molecule has 0 bridgehead atoms. The Morgan fingerprint density at radius 1 is 1.21 bits per heavy atom. The van der Waals surface area contributed by atoms with Gasteiger partial charge in [0.25, 0.3) is 0 Å². The number of ether oxygens (including phenoxy) is 1. The maximum absolute atomic E-state index is 12.4. The summed E-state index contributed by atoms with van der Waals surface area (Å²) >= 11 is 3.36. The molecule has 2 aromatic carbocycles. The van der Waals surface area contributed by atoms with Crippen molar-refractivity contribution >= 4 is 38.4 Å². The van der Waals surface area contributed by atoms with Gasteiger partial charge in [0, 0.05) is 22.1 Å². The smallest absolute Gasteiger partial charge is 0.244 e. The van der Waals surface area contributed by atoms with Gasteiger partial charge in [0.1, 0.15) is 12.3 Å². The predicted molar refractivity (Wildman–Crippen MR) is 97.5 cm³/mol. The summed E-state index contributed by atoms with van der Waals surface area (Å²) in [4.78, 5) is 24.4. The Kier molecular flexibility index (Phi) is 4.66. The first-order chi connectivity index (χ1) is 11.6. The average Bonchev–Trinajstić information content (AvgIpc) is 2.58. The van der Waals surface area contributed by atoms with E-state index in [0.29, 0.717) is 22.3 Å². The molecule has 3 rings (SSSR count). The van der Waals surface area contributed by atoms with Crippen LogP contribution in [0.15, 0.2) is 64.0 Å². The molecule has 3 aromatic rings. The SMILES string of the molecule is COc1ccccc1NC(=O)Cn1ccc(=O)c2cc(Br)ccc21. The van der Waals surface area contributed by atoms with Crippen LogP contribution < -0.4 is 15.5 Å². The van der Waals surface area contributed by atoms with Gasteiger partial charge >= 0.3 is 0 Å². The fourth-order valence-electron chi connectivity index (χ4n) is 2.51. The number of nitrogens with zero attached hydrogens (tertiary/aromatic N) is 1. The highest BCUT2D eigenvalue weighted by atomic mass is 79.9. The normalized spacial score (nSPS) is 10.6. The number of carbonyl (C=O) groups excluding carboxylic acids is 1. The van der Waals surface area contributed by atoms with Crippen molar-refractivity contribution in [2.24, 2.45) is 0 Å². The second-order valence-electron chi connectivity index (χ2n) is 5.22. The molecular weight excluding hydrogens is 372 g/mol. The number of para-hydroxylation sites is 2. The Labute approximate surface area is 147 Å². The van der Waals surface area contributed by atoms with Crippen LogP contribution in [0.3, 0.4) is 0 Å². The molecule has 0 saturated carbocycles. The third-order valence-electron chi connectivity index (χ3n) is 3.63. The lowest BCUT2D eigenvalue weighted by Crippen LogP contribution is -2.20. The Bertz CT molecular complexity index is 966. The van der Waals surface area contributed by atoms with E-state index in [9.17, 15) is 9.59 Å². The van der Waals surface area contributed by atoms with Crippen LogP contribution in [0.2, 0.25) is 0 Å². The molecular formula is C18H15BrN2O3. The van der Waals surface area contributed by atoms with E-state index in [4.69, 9.17) is 4.74 Å². The van der Waals surface area contributed by atoms with Crippen molar-refractivity contribution in [3.05, 3.63) is 69.4 Å². The molecule has 0 atom stereocenters. The lowest BCUT2D eigenvalue weighted by molar-refractivity contribution is -0.116. The Morgan fingerprint density at radius 3 is 2.79 bits per heavy atom. The van der Waals surface area contributed by atoms with Gasteiger partial charge in [0.15, 0.2) is 5.43 Å². The van der Waals surface area contributed by atoms with Crippen LogP contribution in [0, 0.1) is 0 Å². The van der Waals surface area contributed by atoms with Crippen LogP contribution in [0.5, 0.6) is 5.75 Å². The number of rotatable bonds is 4. The van der Waals surface area contributed by atoms with Crippen LogP contribution in [0.25, 0.3) is 10.9 Å². The van der Waals surface area contributed by atoms with Crippen molar-refractivity contribution in [3.63, 3.8) is 0 Å². The largest absolute Gasteiger partial charge is 0.495 e. The monoisotopic (exact) mass is 386 g/mol. The van der Waals surface area contributed by atoms with Gasteiger partial charge in [0.2, 0.25) is 5.91 Å². The van der Waals surface area contributed by atoms with E-state index < -0.39 is 0 Å². The number of halogens is 1. The number of pyridine rings is 1. The zero-order valence-electron chi connectivity index (χ0n) is 13.0. The fourth-order valence-corrected chi connectivity index (χ4v) is 2.88. The second kappa shape index (κ2) is 6.88. The highest BCUT2D eigenvalue weighted by Gasteiger charge is 2.10. The second-order valence-corrected chi connectivity index (χ2v) is 6.13. The first kappa shape index (κ1) is 16.3. The molecule has 0 aliphatic rings. The number of amides is 1. The first-order valence-electron chi connectivity index (χ1n) is 7.30. The number of hydrogen-bond donors (Lipinski definition) is 1. The summed E-state index contributed by atoms with van der Waals surface area (Å²) in [6.45, 7) is 0.0937. The minimum absolute atomic E-state index is 0.0762. The van der Waals surface area contributed by atoms with E-state index in [1.54, 1.807) is 36.1 Å². The van der Waals surface area contributed by atoms with E-state index in [-0.39, 0.29) is 17.9 Å². The molecule has 1 aromatic heterocycles.